The Morgan fingerprint density at radius 1 is 1.10 bits per heavy atom. The molecule has 1 aliphatic carbocycles. The van der Waals surface area contributed by atoms with Crippen molar-refractivity contribution in [3.8, 4) is 0 Å². The molecular weight excluding hydrogens is 270 g/mol. The lowest BCUT2D eigenvalue weighted by Crippen LogP contribution is -2.59. The van der Waals surface area contributed by atoms with Crippen molar-refractivity contribution in [1.82, 2.24) is 14.7 Å². The lowest BCUT2D eigenvalue weighted by Gasteiger charge is -2.45. The Balaban J connectivity index is 1.60. The van der Waals surface area contributed by atoms with Crippen LogP contribution in [0, 0.1) is 5.92 Å². The highest BCUT2D eigenvalue weighted by Gasteiger charge is 2.35. The Morgan fingerprint density at radius 2 is 1.90 bits per heavy atom. The smallest absolute Gasteiger partial charge is 0.323 e. The molecule has 0 aromatic rings. The lowest BCUT2D eigenvalue weighted by molar-refractivity contribution is -0.137. The van der Waals surface area contributed by atoms with E-state index in [0.29, 0.717) is 18.5 Å². The number of rotatable bonds is 4. The van der Waals surface area contributed by atoms with Crippen LogP contribution < -0.4 is 0 Å². The third-order valence-corrected chi connectivity index (χ3v) is 4.88. The molecule has 1 atom stereocenters. The predicted molar refractivity (Wildman–Crippen MR) is 78.1 cm³/mol. The first-order valence-corrected chi connectivity index (χ1v) is 8.13. The fraction of sp³-hybridized carbons (Fsp3) is 0.867. The highest BCUT2D eigenvalue weighted by molar-refractivity contribution is 5.80. The topological polar surface area (TPSA) is 64.1 Å². The average molecular weight is 295 g/mol. The van der Waals surface area contributed by atoms with Crippen molar-refractivity contribution in [3.63, 3.8) is 0 Å². The number of urea groups is 1. The van der Waals surface area contributed by atoms with Gasteiger partial charge in [-0.3, -0.25) is 9.69 Å². The molecule has 6 nitrogen and oxygen atoms in total. The summed E-state index contributed by atoms with van der Waals surface area (Å²) in [6.07, 6.45) is 5.91. The number of hydrogen-bond acceptors (Lipinski definition) is 3. The molecular formula is C15H25N3O3. The summed E-state index contributed by atoms with van der Waals surface area (Å²) in [7, 11) is 0. The fourth-order valence-corrected chi connectivity index (χ4v) is 3.52. The van der Waals surface area contributed by atoms with Crippen LogP contribution in [0.1, 0.15) is 32.1 Å². The van der Waals surface area contributed by atoms with E-state index < -0.39 is 5.97 Å². The lowest BCUT2D eigenvalue weighted by atomic mass is 10.00. The number of carbonyl (C=O) groups is 2. The van der Waals surface area contributed by atoms with Gasteiger partial charge in [0.15, 0.2) is 0 Å². The van der Waals surface area contributed by atoms with E-state index in [2.05, 4.69) is 4.90 Å². The van der Waals surface area contributed by atoms with Gasteiger partial charge in [0, 0.05) is 32.2 Å². The van der Waals surface area contributed by atoms with E-state index in [9.17, 15) is 9.59 Å². The molecule has 3 fully saturated rings. The number of amides is 2. The number of aliphatic carboxylic acids is 1. The Hall–Kier alpha value is -1.30. The van der Waals surface area contributed by atoms with E-state index >= 15 is 0 Å². The molecule has 1 saturated carbocycles. The third kappa shape index (κ3) is 3.67. The quantitative estimate of drug-likeness (QED) is 0.843. The van der Waals surface area contributed by atoms with Gasteiger partial charge in [0.05, 0.1) is 0 Å². The van der Waals surface area contributed by atoms with Crippen molar-refractivity contribution in [2.24, 2.45) is 5.92 Å². The number of fused-ring (bicyclic) bond motifs is 1. The maximum absolute atomic E-state index is 12.6. The van der Waals surface area contributed by atoms with Crippen LogP contribution >= 0.6 is 0 Å². The van der Waals surface area contributed by atoms with Crippen LogP contribution in [-0.4, -0.2) is 77.1 Å². The van der Waals surface area contributed by atoms with Crippen molar-refractivity contribution in [3.05, 3.63) is 0 Å². The third-order valence-electron chi connectivity index (χ3n) is 4.88. The number of nitrogens with zero attached hydrogens (tertiary/aromatic N) is 3. The van der Waals surface area contributed by atoms with Crippen molar-refractivity contribution in [2.45, 2.75) is 38.1 Å². The minimum absolute atomic E-state index is 0.0745. The van der Waals surface area contributed by atoms with Crippen LogP contribution in [0.3, 0.4) is 0 Å². The van der Waals surface area contributed by atoms with Gasteiger partial charge in [-0.1, -0.05) is 6.42 Å². The number of hydrogen-bond donors (Lipinski definition) is 1. The largest absolute Gasteiger partial charge is 0.480 e. The summed E-state index contributed by atoms with van der Waals surface area (Å²) >= 11 is 0. The van der Waals surface area contributed by atoms with Crippen molar-refractivity contribution in [2.75, 3.05) is 39.3 Å². The molecule has 0 aromatic heterocycles. The fourth-order valence-electron chi connectivity index (χ4n) is 3.52. The van der Waals surface area contributed by atoms with Crippen LogP contribution in [0.15, 0.2) is 0 Å². The van der Waals surface area contributed by atoms with Gasteiger partial charge in [-0.2, -0.15) is 0 Å². The minimum atomic E-state index is -0.916. The van der Waals surface area contributed by atoms with E-state index in [-0.39, 0.29) is 12.6 Å². The first-order valence-electron chi connectivity index (χ1n) is 8.13. The number of piperidine rings is 1. The first-order chi connectivity index (χ1) is 10.1. The van der Waals surface area contributed by atoms with E-state index in [0.717, 1.165) is 45.4 Å². The molecule has 6 heteroatoms. The second kappa shape index (κ2) is 6.22. The summed E-state index contributed by atoms with van der Waals surface area (Å²) in [4.78, 5) is 29.5. The summed E-state index contributed by atoms with van der Waals surface area (Å²) in [5, 5.41) is 9.03. The normalized spacial score (nSPS) is 26.3. The van der Waals surface area contributed by atoms with Crippen molar-refractivity contribution < 1.29 is 14.7 Å². The summed E-state index contributed by atoms with van der Waals surface area (Å²) in [5.41, 5.74) is 0. The molecule has 2 aliphatic heterocycles. The molecule has 0 radical (unpaired) electrons. The van der Waals surface area contributed by atoms with Gasteiger partial charge in [0.1, 0.15) is 6.54 Å². The van der Waals surface area contributed by atoms with Gasteiger partial charge in [-0.05, 0) is 38.1 Å². The zero-order valence-corrected chi connectivity index (χ0v) is 12.5. The van der Waals surface area contributed by atoms with Gasteiger partial charge in [0.25, 0.3) is 0 Å². The maximum Gasteiger partial charge on any atom is 0.323 e. The van der Waals surface area contributed by atoms with E-state index in [4.69, 9.17) is 5.11 Å². The van der Waals surface area contributed by atoms with Crippen LogP contribution in [0.2, 0.25) is 0 Å². The standard InChI is InChI=1S/C15H25N3O3/c19-14(20)11-18(9-12-4-5-12)15(21)17-8-7-16-6-2-1-3-13(16)10-17/h12-13H,1-11H2,(H,19,20). The summed E-state index contributed by atoms with van der Waals surface area (Å²) in [6.45, 7) is 4.01. The number of carboxylic acids is 1. The van der Waals surface area contributed by atoms with Crippen LogP contribution in [0.4, 0.5) is 4.79 Å². The number of piperazine rings is 1. The van der Waals surface area contributed by atoms with Crippen LogP contribution in [0.25, 0.3) is 0 Å². The molecule has 21 heavy (non-hydrogen) atoms. The molecule has 0 aromatic carbocycles. The summed E-state index contributed by atoms with van der Waals surface area (Å²) < 4.78 is 0. The average Bonchev–Trinajstić information content (AvgIpc) is 3.29. The Morgan fingerprint density at radius 3 is 2.62 bits per heavy atom. The maximum atomic E-state index is 12.6. The molecule has 118 valence electrons. The molecule has 2 heterocycles. The Kier molecular flexibility index (Phi) is 4.33. The highest BCUT2D eigenvalue weighted by Crippen LogP contribution is 2.30. The number of carboxylic acid groups (broad SMARTS) is 1. The Labute approximate surface area is 125 Å². The summed E-state index contributed by atoms with van der Waals surface area (Å²) in [5.74, 6) is -0.399. The number of carbonyl (C=O) groups excluding carboxylic acids is 1. The van der Waals surface area contributed by atoms with Crippen LogP contribution in [-0.2, 0) is 4.79 Å². The molecule has 1 N–H and O–H groups in total. The van der Waals surface area contributed by atoms with Crippen molar-refractivity contribution in [1.29, 1.82) is 0 Å². The van der Waals surface area contributed by atoms with E-state index in [1.54, 1.807) is 4.90 Å². The van der Waals surface area contributed by atoms with E-state index in [1.807, 2.05) is 4.90 Å². The van der Waals surface area contributed by atoms with Crippen LogP contribution in [0.5, 0.6) is 0 Å². The SMILES string of the molecule is O=C(O)CN(CC1CC1)C(=O)N1CCN2CCCCC2C1. The molecule has 3 aliphatic rings. The second-order valence-corrected chi connectivity index (χ2v) is 6.63. The predicted octanol–water partition coefficient (Wildman–Crippen LogP) is 1.07. The molecule has 2 amide bonds. The second-order valence-electron chi connectivity index (χ2n) is 6.63. The zero-order chi connectivity index (χ0) is 14.8. The Bertz CT molecular complexity index is 411. The van der Waals surface area contributed by atoms with Crippen molar-refractivity contribution >= 4 is 12.0 Å². The molecule has 1 unspecified atom stereocenters. The van der Waals surface area contributed by atoms with E-state index in [1.165, 1.54) is 12.8 Å². The molecule has 0 spiro atoms. The summed E-state index contributed by atoms with van der Waals surface area (Å²) in [6, 6.07) is 0.401. The van der Waals surface area contributed by atoms with Gasteiger partial charge >= 0.3 is 12.0 Å². The highest BCUT2D eigenvalue weighted by atomic mass is 16.4. The van der Waals surface area contributed by atoms with Gasteiger partial charge in [0.2, 0.25) is 0 Å². The molecule has 3 rings (SSSR count). The van der Waals surface area contributed by atoms with Gasteiger partial charge < -0.3 is 14.9 Å². The molecule has 0 bridgehead atoms. The van der Waals surface area contributed by atoms with Gasteiger partial charge in [-0.15, -0.1) is 0 Å². The zero-order valence-electron chi connectivity index (χ0n) is 12.5. The first kappa shape index (κ1) is 14.6. The molecule has 2 saturated heterocycles. The van der Waals surface area contributed by atoms with Gasteiger partial charge in [-0.25, -0.2) is 4.79 Å². The monoisotopic (exact) mass is 295 g/mol. The minimum Gasteiger partial charge on any atom is -0.480 e.